The summed E-state index contributed by atoms with van der Waals surface area (Å²) in [5, 5.41) is 17.3. The second kappa shape index (κ2) is 4.99. The van der Waals surface area contributed by atoms with Crippen LogP contribution in [-0.4, -0.2) is 18.0 Å². The van der Waals surface area contributed by atoms with E-state index < -0.39 is 6.10 Å². The van der Waals surface area contributed by atoms with Crippen molar-refractivity contribution in [3.05, 3.63) is 0 Å². The molecule has 0 heterocycles. The van der Waals surface area contributed by atoms with Crippen molar-refractivity contribution in [1.82, 2.24) is 0 Å². The van der Waals surface area contributed by atoms with E-state index in [1.54, 1.807) is 6.92 Å². The van der Waals surface area contributed by atoms with Crippen LogP contribution in [0.5, 0.6) is 0 Å². The summed E-state index contributed by atoms with van der Waals surface area (Å²) in [5.74, 6) is 0. The average molecular weight is 121 g/mol. The maximum Gasteiger partial charge on any atom is 0.122 e. The summed E-state index contributed by atoms with van der Waals surface area (Å²) in [7, 11) is 0. The summed E-state index contributed by atoms with van der Waals surface area (Å²) in [6.07, 6.45) is 0.0179. The predicted molar refractivity (Wildman–Crippen MR) is 24.4 cm³/mol. The largest absolute Gasteiger partial charge is 0.252 e. The second-order valence-corrected chi connectivity index (χ2v) is 1.42. The van der Waals surface area contributed by atoms with Crippen molar-refractivity contribution in [3.63, 3.8) is 0 Å². The van der Waals surface area contributed by atoms with Crippen LogP contribution < -0.4 is 0 Å². The number of rotatable bonds is 4. The molecule has 4 heteroatoms. The first-order valence-corrected chi connectivity index (χ1v) is 2.40. The van der Waals surface area contributed by atoms with Gasteiger partial charge in [-0.25, -0.2) is 4.89 Å². The van der Waals surface area contributed by atoms with Crippen LogP contribution in [0.25, 0.3) is 0 Å². The highest BCUT2D eigenvalue weighted by Crippen LogP contribution is 1.94. The van der Waals surface area contributed by atoms with Crippen molar-refractivity contribution in [3.8, 4) is 0 Å². The van der Waals surface area contributed by atoms with Crippen LogP contribution in [-0.2, 0) is 15.0 Å². The van der Waals surface area contributed by atoms with E-state index in [4.69, 9.17) is 5.26 Å². The second-order valence-electron chi connectivity index (χ2n) is 1.42. The smallest absolute Gasteiger partial charge is 0.122 e. The van der Waals surface area contributed by atoms with Gasteiger partial charge in [-0.1, -0.05) is 6.92 Å². The van der Waals surface area contributed by atoms with E-state index >= 15 is 0 Å². The maximum atomic E-state index is 9.56. The summed E-state index contributed by atoms with van der Waals surface area (Å²) in [6, 6.07) is 0. The Morgan fingerprint density at radius 1 is 1.75 bits per heavy atom. The van der Waals surface area contributed by atoms with Crippen LogP contribution in [0.3, 0.4) is 0 Å². The summed E-state index contributed by atoms with van der Waals surface area (Å²) in [4.78, 5) is 7.27. The molecule has 0 aromatic carbocycles. The molecule has 8 heavy (non-hydrogen) atoms. The minimum atomic E-state index is -0.528. The molecule has 0 saturated heterocycles. The monoisotopic (exact) mass is 121 g/mol. The van der Waals surface area contributed by atoms with E-state index in [1.807, 2.05) is 0 Å². The minimum Gasteiger partial charge on any atom is -0.252 e. The molecule has 0 amide bonds. The fourth-order valence-electron chi connectivity index (χ4n) is 0.297. The molecule has 1 radical (unpaired) electrons. The van der Waals surface area contributed by atoms with E-state index in [0.717, 1.165) is 0 Å². The van der Waals surface area contributed by atoms with E-state index in [0.29, 0.717) is 6.42 Å². The quantitative estimate of drug-likeness (QED) is 0.438. The van der Waals surface area contributed by atoms with Crippen LogP contribution in [0, 0.1) is 0 Å². The first-order chi connectivity index (χ1) is 3.85. The SMILES string of the molecule is CCC(COO)O[O]. The Labute approximate surface area is 47.5 Å². The summed E-state index contributed by atoms with van der Waals surface area (Å²) >= 11 is 0. The molecule has 0 spiro atoms. The fourth-order valence-corrected chi connectivity index (χ4v) is 0.297. The van der Waals surface area contributed by atoms with Crippen molar-refractivity contribution < 1.29 is 20.3 Å². The lowest BCUT2D eigenvalue weighted by Crippen LogP contribution is -2.15. The predicted octanol–water partition coefficient (Wildman–Crippen LogP) is 0.617. The topological polar surface area (TPSA) is 58.6 Å². The molecule has 49 valence electrons. The van der Waals surface area contributed by atoms with E-state index in [9.17, 15) is 5.26 Å². The van der Waals surface area contributed by atoms with Gasteiger partial charge in [0.05, 0.1) is 0 Å². The van der Waals surface area contributed by atoms with Crippen molar-refractivity contribution in [2.24, 2.45) is 0 Å². The Balaban J connectivity index is 3.07. The first kappa shape index (κ1) is 7.84. The van der Waals surface area contributed by atoms with Gasteiger partial charge < -0.3 is 0 Å². The highest BCUT2D eigenvalue weighted by atomic mass is 17.1. The van der Waals surface area contributed by atoms with E-state index in [-0.39, 0.29) is 6.61 Å². The molecule has 0 fully saturated rings. The third kappa shape index (κ3) is 2.92. The summed E-state index contributed by atoms with van der Waals surface area (Å²) in [6.45, 7) is 1.71. The third-order valence-corrected chi connectivity index (χ3v) is 0.852. The van der Waals surface area contributed by atoms with Crippen LogP contribution in [0.15, 0.2) is 0 Å². The molecule has 1 N–H and O–H groups in total. The number of hydrogen-bond acceptors (Lipinski definition) is 3. The maximum absolute atomic E-state index is 9.56. The Kier molecular flexibility index (Phi) is 4.89. The standard InChI is InChI=1S/C4H9O4/c1-2-4(8-6)3-7-5/h4-5H,2-3H2,1H3. The fraction of sp³-hybridized carbons (Fsp3) is 1.00. The average Bonchev–Trinajstić information content (AvgIpc) is 1.83. The summed E-state index contributed by atoms with van der Waals surface area (Å²) < 4.78 is 0. The zero-order chi connectivity index (χ0) is 6.41. The molecule has 1 unspecified atom stereocenters. The van der Waals surface area contributed by atoms with Gasteiger partial charge in [0.25, 0.3) is 0 Å². The molecule has 4 nitrogen and oxygen atoms in total. The Bertz CT molecular complexity index is 43.3. The van der Waals surface area contributed by atoms with Gasteiger partial charge in [-0.2, -0.15) is 4.89 Å². The molecule has 1 atom stereocenters. The van der Waals surface area contributed by atoms with Crippen molar-refractivity contribution in [2.75, 3.05) is 6.61 Å². The molecule has 0 aliphatic heterocycles. The van der Waals surface area contributed by atoms with Crippen molar-refractivity contribution >= 4 is 0 Å². The highest BCUT2D eigenvalue weighted by molar-refractivity contribution is 4.47. The minimum absolute atomic E-state index is 0.0556. The van der Waals surface area contributed by atoms with Gasteiger partial charge in [-0.05, 0) is 11.7 Å². The van der Waals surface area contributed by atoms with Crippen molar-refractivity contribution in [2.45, 2.75) is 19.4 Å². The van der Waals surface area contributed by atoms with Gasteiger partial charge in [-0.15, -0.1) is 0 Å². The van der Waals surface area contributed by atoms with Crippen LogP contribution in [0.4, 0.5) is 0 Å². The van der Waals surface area contributed by atoms with Gasteiger partial charge in [0.15, 0.2) is 0 Å². The Morgan fingerprint density at radius 3 is 2.50 bits per heavy atom. The molecule has 0 aliphatic rings. The zero-order valence-electron chi connectivity index (χ0n) is 4.66. The molecule has 0 aromatic heterocycles. The molecule has 0 bridgehead atoms. The lowest BCUT2D eigenvalue weighted by atomic mass is 10.3. The Morgan fingerprint density at radius 2 is 2.38 bits per heavy atom. The number of hydrogen-bond donors (Lipinski definition) is 1. The summed E-state index contributed by atoms with van der Waals surface area (Å²) in [5.41, 5.74) is 0. The van der Waals surface area contributed by atoms with Crippen LogP contribution in [0.2, 0.25) is 0 Å². The van der Waals surface area contributed by atoms with Gasteiger partial charge in [0.1, 0.15) is 12.7 Å². The highest BCUT2D eigenvalue weighted by Gasteiger charge is 2.04. The van der Waals surface area contributed by atoms with Crippen LogP contribution in [0.1, 0.15) is 13.3 Å². The van der Waals surface area contributed by atoms with Crippen molar-refractivity contribution in [1.29, 1.82) is 0 Å². The first-order valence-electron chi connectivity index (χ1n) is 2.40. The van der Waals surface area contributed by atoms with Gasteiger partial charge in [0.2, 0.25) is 0 Å². The van der Waals surface area contributed by atoms with E-state index in [2.05, 4.69) is 9.78 Å². The molecule has 0 rings (SSSR count). The normalized spacial score (nSPS) is 13.9. The lowest BCUT2D eigenvalue weighted by molar-refractivity contribution is -0.363. The van der Waals surface area contributed by atoms with Gasteiger partial charge in [0, 0.05) is 0 Å². The van der Waals surface area contributed by atoms with E-state index in [1.165, 1.54) is 0 Å². The van der Waals surface area contributed by atoms with Crippen LogP contribution >= 0.6 is 0 Å². The molecular weight excluding hydrogens is 112 g/mol. The zero-order valence-corrected chi connectivity index (χ0v) is 4.66. The molecular formula is C4H9O4. The van der Waals surface area contributed by atoms with Gasteiger partial charge >= 0.3 is 0 Å². The van der Waals surface area contributed by atoms with Gasteiger partial charge in [-0.3, -0.25) is 5.26 Å². The third-order valence-electron chi connectivity index (χ3n) is 0.852. The molecule has 0 aromatic rings. The Hall–Kier alpha value is -0.160. The lowest BCUT2D eigenvalue weighted by Gasteiger charge is -2.03. The molecule has 0 aliphatic carbocycles. The molecule has 0 saturated carbocycles.